The standard InChI is InChI=1S/C36H49N5O4/c1-7-27(42)11-9-8-10-12-29(31-37-22-30(39-31)26-15-16-28-25(21-26)14-13-24(2)38-28)40-32(43)35(6)23-36(35)17-19-41(20-18-36)33(44)45-34(3,4)5/h13-16,21-22,29H,7-12,17-20,23H2,1-6H3,(H,37,39)(H,40,43)/t29-,35-/m0/s1. The minimum Gasteiger partial charge on any atom is -0.444 e. The zero-order valence-corrected chi connectivity index (χ0v) is 27.8. The molecule has 9 nitrogen and oxygen atoms in total. The number of benzene rings is 1. The van der Waals surface area contributed by atoms with Crippen LogP contribution in [0.4, 0.5) is 4.79 Å². The number of nitrogens with zero attached hydrogens (tertiary/aromatic N) is 3. The minimum absolute atomic E-state index is 0.0458. The predicted molar refractivity (Wildman–Crippen MR) is 176 cm³/mol. The van der Waals surface area contributed by atoms with Gasteiger partial charge in [-0.2, -0.15) is 0 Å². The number of amides is 2. The van der Waals surface area contributed by atoms with Gasteiger partial charge < -0.3 is 19.9 Å². The van der Waals surface area contributed by atoms with E-state index >= 15 is 0 Å². The number of piperidine rings is 1. The summed E-state index contributed by atoms with van der Waals surface area (Å²) in [4.78, 5) is 53.0. The maximum Gasteiger partial charge on any atom is 0.410 e. The number of fused-ring (bicyclic) bond motifs is 1. The fourth-order valence-corrected chi connectivity index (χ4v) is 6.80. The maximum absolute atomic E-state index is 13.9. The molecular formula is C36H49N5O4. The number of unbranched alkanes of at least 4 members (excludes halogenated alkanes) is 2. The molecule has 3 heterocycles. The average Bonchev–Trinajstić information content (AvgIpc) is 3.32. The first-order chi connectivity index (χ1) is 21.3. The van der Waals surface area contributed by atoms with E-state index in [-0.39, 0.29) is 23.5 Å². The summed E-state index contributed by atoms with van der Waals surface area (Å²) in [7, 11) is 0. The van der Waals surface area contributed by atoms with Crippen LogP contribution in [-0.2, 0) is 14.3 Å². The summed E-state index contributed by atoms with van der Waals surface area (Å²) in [5, 5.41) is 4.43. The normalized spacial score (nSPS) is 19.8. The van der Waals surface area contributed by atoms with E-state index in [1.54, 1.807) is 4.90 Å². The number of pyridine rings is 1. The van der Waals surface area contributed by atoms with Gasteiger partial charge in [0.2, 0.25) is 5.91 Å². The van der Waals surface area contributed by atoms with Gasteiger partial charge in [-0.3, -0.25) is 14.6 Å². The van der Waals surface area contributed by atoms with Gasteiger partial charge in [0.05, 0.1) is 28.9 Å². The van der Waals surface area contributed by atoms with Crippen molar-refractivity contribution in [3.8, 4) is 11.3 Å². The molecule has 1 saturated carbocycles. The third-order valence-corrected chi connectivity index (χ3v) is 9.82. The highest BCUT2D eigenvalue weighted by molar-refractivity contribution is 5.87. The summed E-state index contributed by atoms with van der Waals surface area (Å²) in [6.45, 7) is 12.8. The Morgan fingerprint density at radius 1 is 1.09 bits per heavy atom. The van der Waals surface area contributed by atoms with E-state index in [0.717, 1.165) is 78.6 Å². The van der Waals surface area contributed by atoms with E-state index in [1.807, 2.05) is 59.0 Å². The molecule has 2 N–H and O–H groups in total. The van der Waals surface area contributed by atoms with Gasteiger partial charge in [-0.25, -0.2) is 9.78 Å². The van der Waals surface area contributed by atoms with Crippen molar-refractivity contribution < 1.29 is 19.1 Å². The van der Waals surface area contributed by atoms with Gasteiger partial charge in [0.15, 0.2) is 0 Å². The van der Waals surface area contributed by atoms with Crippen LogP contribution in [0.2, 0.25) is 0 Å². The van der Waals surface area contributed by atoms with Crippen LogP contribution in [0.15, 0.2) is 36.5 Å². The number of ketones is 1. The summed E-state index contributed by atoms with van der Waals surface area (Å²) in [5.74, 6) is 1.08. The molecule has 0 radical (unpaired) electrons. The molecule has 3 aromatic rings. The second kappa shape index (κ2) is 12.9. The molecule has 1 aliphatic carbocycles. The number of aryl methyl sites for hydroxylation is 1. The van der Waals surface area contributed by atoms with Gasteiger partial charge in [0.25, 0.3) is 0 Å². The number of carbonyl (C=O) groups is 3. The third kappa shape index (κ3) is 7.39. The van der Waals surface area contributed by atoms with Crippen molar-refractivity contribution in [1.29, 1.82) is 0 Å². The first kappa shape index (κ1) is 32.6. The van der Waals surface area contributed by atoms with Gasteiger partial charge >= 0.3 is 6.09 Å². The summed E-state index contributed by atoms with van der Waals surface area (Å²) < 4.78 is 5.58. The lowest BCUT2D eigenvalue weighted by Gasteiger charge is -2.35. The second-order valence-electron chi connectivity index (χ2n) is 14.3. The van der Waals surface area contributed by atoms with Crippen LogP contribution in [0.5, 0.6) is 0 Å². The zero-order chi connectivity index (χ0) is 32.4. The first-order valence-corrected chi connectivity index (χ1v) is 16.6. The molecule has 2 amide bonds. The highest BCUT2D eigenvalue weighted by atomic mass is 16.6. The number of ether oxygens (including phenoxy) is 1. The Balaban J connectivity index is 1.27. The number of carbonyl (C=O) groups excluding carboxylic acids is 3. The summed E-state index contributed by atoms with van der Waals surface area (Å²) in [6, 6.07) is 10.00. The van der Waals surface area contributed by atoms with E-state index in [2.05, 4.69) is 34.3 Å². The molecule has 2 fully saturated rings. The first-order valence-electron chi connectivity index (χ1n) is 16.6. The SMILES string of the molecule is CCC(=O)CCCCC[C@H](NC(=O)[C@]1(C)CC12CCN(C(=O)OC(C)(C)C)CC2)c1ncc(-c2ccc3nc(C)ccc3c2)[nH]1. The van der Waals surface area contributed by atoms with Crippen LogP contribution in [0.25, 0.3) is 22.2 Å². The van der Waals surface area contributed by atoms with Gasteiger partial charge in [-0.1, -0.05) is 38.8 Å². The number of rotatable bonds is 11. The minimum atomic E-state index is -0.531. The monoisotopic (exact) mass is 615 g/mol. The Morgan fingerprint density at radius 3 is 2.56 bits per heavy atom. The third-order valence-electron chi connectivity index (χ3n) is 9.82. The summed E-state index contributed by atoms with van der Waals surface area (Å²) >= 11 is 0. The number of aromatic nitrogens is 3. The number of imidazole rings is 1. The number of H-pyrrole nitrogens is 1. The molecule has 1 spiro atoms. The number of likely N-dealkylation sites (tertiary alicyclic amines) is 1. The molecule has 1 aromatic carbocycles. The van der Waals surface area contributed by atoms with Crippen molar-refractivity contribution >= 4 is 28.7 Å². The maximum atomic E-state index is 13.9. The highest BCUT2D eigenvalue weighted by Gasteiger charge is 2.68. The quantitative estimate of drug-likeness (QED) is 0.216. The van der Waals surface area contributed by atoms with Crippen molar-refractivity contribution in [2.24, 2.45) is 10.8 Å². The van der Waals surface area contributed by atoms with Crippen molar-refractivity contribution in [2.45, 2.75) is 111 Å². The van der Waals surface area contributed by atoms with Gasteiger partial charge in [0.1, 0.15) is 17.2 Å². The molecule has 2 aliphatic rings. The molecule has 1 aliphatic heterocycles. The van der Waals surface area contributed by atoms with Crippen LogP contribution in [0.3, 0.4) is 0 Å². The molecule has 242 valence electrons. The van der Waals surface area contributed by atoms with Gasteiger partial charge in [-0.15, -0.1) is 0 Å². The Morgan fingerprint density at radius 2 is 1.84 bits per heavy atom. The second-order valence-corrected chi connectivity index (χ2v) is 14.3. The Labute approximate surface area is 266 Å². The molecule has 9 heteroatoms. The smallest absolute Gasteiger partial charge is 0.410 e. The summed E-state index contributed by atoms with van der Waals surface area (Å²) in [6.07, 6.45) is 8.51. The Kier molecular flexibility index (Phi) is 9.38. The van der Waals surface area contributed by atoms with Crippen LogP contribution >= 0.6 is 0 Å². The predicted octanol–water partition coefficient (Wildman–Crippen LogP) is 7.45. The molecule has 0 unspecified atom stereocenters. The van der Waals surface area contributed by atoms with Crippen LogP contribution < -0.4 is 5.32 Å². The number of aromatic amines is 1. The average molecular weight is 616 g/mol. The van der Waals surface area contributed by atoms with E-state index in [0.29, 0.717) is 31.7 Å². The largest absolute Gasteiger partial charge is 0.444 e. The van der Waals surface area contributed by atoms with Crippen LogP contribution in [0.1, 0.15) is 110 Å². The van der Waals surface area contributed by atoms with Crippen LogP contribution in [-0.4, -0.2) is 56.3 Å². The van der Waals surface area contributed by atoms with E-state index in [9.17, 15) is 14.4 Å². The number of nitrogens with one attached hydrogen (secondary N) is 2. The topological polar surface area (TPSA) is 117 Å². The molecule has 5 rings (SSSR count). The molecule has 1 saturated heterocycles. The van der Waals surface area contributed by atoms with Gasteiger partial charge in [-0.05, 0) is 83.4 Å². The molecule has 0 bridgehead atoms. The number of hydrogen-bond donors (Lipinski definition) is 2. The van der Waals surface area contributed by atoms with Crippen molar-refractivity contribution in [1.82, 2.24) is 25.2 Å². The fourth-order valence-electron chi connectivity index (χ4n) is 6.80. The Hall–Kier alpha value is -3.75. The number of Topliss-reactive ketones (excluding diaryl/α,β-unsaturated/α-hetero) is 1. The number of hydrogen-bond acceptors (Lipinski definition) is 6. The fraction of sp³-hybridized carbons (Fsp3) is 0.583. The highest BCUT2D eigenvalue weighted by Crippen LogP contribution is 2.69. The van der Waals surface area contributed by atoms with E-state index < -0.39 is 11.0 Å². The Bertz CT molecular complexity index is 1550. The lowest BCUT2D eigenvalue weighted by Crippen LogP contribution is -2.45. The zero-order valence-electron chi connectivity index (χ0n) is 27.8. The van der Waals surface area contributed by atoms with E-state index in [1.165, 1.54) is 0 Å². The molecule has 45 heavy (non-hydrogen) atoms. The lowest BCUT2D eigenvalue weighted by molar-refractivity contribution is -0.128. The van der Waals surface area contributed by atoms with Gasteiger partial charge in [0, 0.05) is 42.6 Å². The molecule has 2 aromatic heterocycles. The van der Waals surface area contributed by atoms with Crippen molar-refractivity contribution in [3.63, 3.8) is 0 Å². The lowest BCUT2D eigenvalue weighted by atomic mass is 9.84. The molecule has 2 atom stereocenters. The van der Waals surface area contributed by atoms with E-state index in [4.69, 9.17) is 9.72 Å². The van der Waals surface area contributed by atoms with Crippen molar-refractivity contribution in [3.05, 3.63) is 48.0 Å². The summed E-state index contributed by atoms with van der Waals surface area (Å²) in [5.41, 5.74) is 2.72. The molecular weight excluding hydrogens is 566 g/mol. The van der Waals surface area contributed by atoms with Crippen molar-refractivity contribution in [2.75, 3.05) is 13.1 Å². The van der Waals surface area contributed by atoms with Crippen LogP contribution in [0, 0.1) is 17.8 Å².